The van der Waals surface area contributed by atoms with E-state index in [1.807, 2.05) is 6.92 Å². The largest absolute Gasteiger partial charge is 0.338 e. The van der Waals surface area contributed by atoms with Crippen LogP contribution in [-0.2, 0) is 22.0 Å². The van der Waals surface area contributed by atoms with Crippen molar-refractivity contribution in [3.8, 4) is 0 Å². The van der Waals surface area contributed by atoms with Gasteiger partial charge in [-0.25, -0.2) is 12.8 Å². The molecule has 102 valence electrons. The van der Waals surface area contributed by atoms with Crippen LogP contribution in [0, 0.1) is 5.82 Å². The zero-order chi connectivity index (χ0) is 13.9. The molecule has 1 heterocycles. The maximum absolute atomic E-state index is 13.0. The summed E-state index contributed by atoms with van der Waals surface area (Å²) in [7, 11) is -3.67. The average molecular weight is 284 g/mol. The van der Waals surface area contributed by atoms with Crippen LogP contribution in [-0.4, -0.2) is 18.6 Å². The Morgan fingerprint density at radius 1 is 1.37 bits per heavy atom. The molecule has 1 aromatic carbocycles. The topological polar surface area (TPSA) is 73.1 Å². The standard InChI is InChI=1S/C12H13FN2O3S/c1-2-4-11-14-12(18-15-11)8-19(16,17)10-6-3-5-9(13)7-10/h3,5-7H,2,4,8H2,1H3. The van der Waals surface area contributed by atoms with Gasteiger partial charge in [-0.05, 0) is 24.6 Å². The van der Waals surface area contributed by atoms with E-state index in [1.165, 1.54) is 18.2 Å². The fourth-order valence-corrected chi connectivity index (χ4v) is 2.77. The summed E-state index contributed by atoms with van der Waals surface area (Å²) in [6.45, 7) is 1.96. The number of aromatic nitrogens is 2. The Morgan fingerprint density at radius 2 is 2.16 bits per heavy atom. The van der Waals surface area contributed by atoms with Crippen LogP contribution in [0.25, 0.3) is 0 Å². The van der Waals surface area contributed by atoms with Gasteiger partial charge >= 0.3 is 0 Å². The smallest absolute Gasteiger partial charge is 0.242 e. The first kappa shape index (κ1) is 13.7. The molecular weight excluding hydrogens is 271 g/mol. The summed E-state index contributed by atoms with van der Waals surface area (Å²) in [5.41, 5.74) is 0. The fourth-order valence-electron chi connectivity index (χ4n) is 1.58. The minimum absolute atomic E-state index is 0.0210. The van der Waals surface area contributed by atoms with Crippen LogP contribution in [0.3, 0.4) is 0 Å². The molecule has 7 heteroatoms. The second-order valence-corrected chi connectivity index (χ2v) is 6.06. The van der Waals surface area contributed by atoms with E-state index >= 15 is 0 Å². The molecule has 0 atom stereocenters. The van der Waals surface area contributed by atoms with Gasteiger partial charge < -0.3 is 4.52 Å². The molecule has 0 unspecified atom stereocenters. The lowest BCUT2D eigenvalue weighted by atomic mass is 10.3. The Hall–Kier alpha value is -1.76. The first-order valence-electron chi connectivity index (χ1n) is 5.81. The second kappa shape index (κ2) is 5.48. The number of rotatable bonds is 5. The van der Waals surface area contributed by atoms with Crippen molar-refractivity contribution >= 4 is 9.84 Å². The quantitative estimate of drug-likeness (QED) is 0.841. The van der Waals surface area contributed by atoms with Crippen molar-refractivity contribution in [1.29, 1.82) is 0 Å². The van der Waals surface area contributed by atoms with E-state index in [0.29, 0.717) is 12.2 Å². The minimum Gasteiger partial charge on any atom is -0.338 e. The molecule has 0 spiro atoms. The highest BCUT2D eigenvalue weighted by Gasteiger charge is 2.20. The number of hydrogen-bond donors (Lipinski definition) is 0. The Kier molecular flexibility index (Phi) is 3.94. The third-order valence-electron chi connectivity index (χ3n) is 2.45. The minimum atomic E-state index is -3.67. The van der Waals surface area contributed by atoms with Crippen molar-refractivity contribution in [3.05, 3.63) is 41.8 Å². The van der Waals surface area contributed by atoms with Gasteiger partial charge in [0.15, 0.2) is 15.7 Å². The molecule has 0 aliphatic heterocycles. The number of benzene rings is 1. The summed E-state index contributed by atoms with van der Waals surface area (Å²) in [4.78, 5) is 3.89. The third-order valence-corrected chi connectivity index (χ3v) is 4.05. The molecule has 0 saturated carbocycles. The van der Waals surface area contributed by atoms with Gasteiger partial charge in [0, 0.05) is 6.42 Å². The van der Waals surface area contributed by atoms with Gasteiger partial charge in [0.1, 0.15) is 11.6 Å². The molecule has 0 radical (unpaired) electrons. The maximum Gasteiger partial charge on any atom is 0.242 e. The van der Waals surface area contributed by atoms with Crippen LogP contribution in [0.2, 0.25) is 0 Å². The number of hydrogen-bond acceptors (Lipinski definition) is 5. The van der Waals surface area contributed by atoms with E-state index < -0.39 is 21.4 Å². The Balaban J connectivity index is 2.21. The molecule has 2 rings (SSSR count). The lowest BCUT2D eigenvalue weighted by molar-refractivity contribution is 0.382. The normalized spacial score (nSPS) is 11.7. The molecule has 0 saturated heterocycles. The van der Waals surface area contributed by atoms with Gasteiger partial charge in [-0.1, -0.05) is 18.1 Å². The van der Waals surface area contributed by atoms with E-state index in [9.17, 15) is 12.8 Å². The van der Waals surface area contributed by atoms with Crippen LogP contribution >= 0.6 is 0 Å². The van der Waals surface area contributed by atoms with Gasteiger partial charge in [-0.2, -0.15) is 4.98 Å². The molecule has 5 nitrogen and oxygen atoms in total. The van der Waals surface area contributed by atoms with Crippen LogP contribution in [0.5, 0.6) is 0 Å². The molecule has 0 amide bonds. The first-order chi connectivity index (χ1) is 9.01. The lowest BCUT2D eigenvalue weighted by Gasteiger charge is -2.01. The number of nitrogens with zero attached hydrogens (tertiary/aromatic N) is 2. The van der Waals surface area contributed by atoms with Gasteiger partial charge in [-0.15, -0.1) is 0 Å². The molecule has 0 N–H and O–H groups in total. The predicted octanol–water partition coefficient (Wildman–Crippen LogP) is 2.14. The van der Waals surface area contributed by atoms with Crippen molar-refractivity contribution < 1.29 is 17.3 Å². The summed E-state index contributed by atoms with van der Waals surface area (Å²) in [5.74, 6) is -0.523. The van der Waals surface area contributed by atoms with Crippen LogP contribution < -0.4 is 0 Å². The molecule has 0 aliphatic carbocycles. The average Bonchev–Trinajstić information content (AvgIpc) is 2.76. The van der Waals surface area contributed by atoms with Gasteiger partial charge in [0.25, 0.3) is 0 Å². The highest BCUT2D eigenvalue weighted by atomic mass is 32.2. The fraction of sp³-hybridized carbons (Fsp3) is 0.333. The number of aryl methyl sites for hydroxylation is 1. The lowest BCUT2D eigenvalue weighted by Crippen LogP contribution is -2.05. The second-order valence-electron chi connectivity index (χ2n) is 4.07. The molecule has 0 aliphatic rings. The third kappa shape index (κ3) is 3.37. The van der Waals surface area contributed by atoms with Gasteiger partial charge in [0.2, 0.25) is 5.89 Å². The predicted molar refractivity (Wildman–Crippen MR) is 65.6 cm³/mol. The Bertz CT molecular complexity index is 667. The SMILES string of the molecule is CCCc1noc(CS(=O)(=O)c2cccc(F)c2)n1. The van der Waals surface area contributed by atoms with Crippen LogP contribution in [0.4, 0.5) is 4.39 Å². The van der Waals surface area contributed by atoms with E-state index in [1.54, 1.807) is 0 Å². The van der Waals surface area contributed by atoms with Crippen molar-refractivity contribution in [2.45, 2.75) is 30.4 Å². The summed E-state index contributed by atoms with van der Waals surface area (Å²) in [6, 6.07) is 4.84. The van der Waals surface area contributed by atoms with Gasteiger partial charge in [-0.3, -0.25) is 0 Å². The summed E-state index contributed by atoms with van der Waals surface area (Å²) >= 11 is 0. The van der Waals surface area contributed by atoms with Crippen LogP contribution in [0.15, 0.2) is 33.7 Å². The molecule has 1 aromatic heterocycles. The first-order valence-corrected chi connectivity index (χ1v) is 7.46. The summed E-state index contributed by atoms with van der Waals surface area (Å²) in [6.07, 6.45) is 1.47. The Labute approximate surface area is 110 Å². The number of halogens is 1. The van der Waals surface area contributed by atoms with Crippen molar-refractivity contribution in [3.63, 3.8) is 0 Å². The van der Waals surface area contributed by atoms with Crippen molar-refractivity contribution in [2.24, 2.45) is 0 Å². The monoisotopic (exact) mass is 284 g/mol. The Morgan fingerprint density at radius 3 is 2.84 bits per heavy atom. The zero-order valence-electron chi connectivity index (χ0n) is 10.3. The van der Waals surface area contributed by atoms with E-state index in [0.717, 1.165) is 12.5 Å². The molecule has 0 fully saturated rings. The number of sulfone groups is 1. The van der Waals surface area contributed by atoms with Crippen molar-refractivity contribution in [1.82, 2.24) is 10.1 Å². The van der Waals surface area contributed by atoms with Gasteiger partial charge in [0.05, 0.1) is 4.90 Å². The molecule has 2 aromatic rings. The van der Waals surface area contributed by atoms with E-state index in [-0.39, 0.29) is 10.8 Å². The maximum atomic E-state index is 13.0. The summed E-state index contributed by atoms with van der Waals surface area (Å²) < 4.78 is 41.9. The van der Waals surface area contributed by atoms with Crippen LogP contribution in [0.1, 0.15) is 25.1 Å². The summed E-state index contributed by atoms with van der Waals surface area (Å²) in [5, 5.41) is 3.68. The highest BCUT2D eigenvalue weighted by molar-refractivity contribution is 7.90. The van der Waals surface area contributed by atoms with Crippen molar-refractivity contribution in [2.75, 3.05) is 0 Å². The zero-order valence-corrected chi connectivity index (χ0v) is 11.2. The van der Waals surface area contributed by atoms with E-state index in [4.69, 9.17) is 4.52 Å². The highest BCUT2D eigenvalue weighted by Crippen LogP contribution is 2.16. The molecular formula is C12H13FN2O3S. The molecule has 0 bridgehead atoms. The molecule has 19 heavy (non-hydrogen) atoms. The van der Waals surface area contributed by atoms with E-state index in [2.05, 4.69) is 10.1 Å².